The number of anilines is 1. The summed E-state index contributed by atoms with van der Waals surface area (Å²) in [6.07, 6.45) is 10.6. The highest BCUT2D eigenvalue weighted by Crippen LogP contribution is 2.38. The highest BCUT2D eigenvalue weighted by molar-refractivity contribution is 7.95. The largest absolute Gasteiger partial charge is 0.330 e. The average Bonchev–Trinajstić information content (AvgIpc) is 3.29. The maximum atomic E-state index is 12.7. The van der Waals surface area contributed by atoms with Crippen LogP contribution < -0.4 is 10.0 Å². The molecule has 1 aromatic carbocycles. The minimum Gasteiger partial charge on any atom is -0.308 e. The molecule has 0 radical (unpaired) electrons. The zero-order valence-corrected chi connectivity index (χ0v) is 17.5. The SMILES string of the molecule is CN(C)CC1CCCCN1SNC(=O)Nc1c2c(cc3c1CCC3)CCC2. The van der Waals surface area contributed by atoms with E-state index in [-0.39, 0.29) is 6.03 Å². The Balaban J connectivity index is 1.40. The van der Waals surface area contributed by atoms with Crippen LogP contribution in [0.25, 0.3) is 0 Å². The fourth-order valence-electron chi connectivity index (χ4n) is 4.90. The summed E-state index contributed by atoms with van der Waals surface area (Å²) in [5, 5.41) is 3.23. The molecule has 148 valence electrons. The van der Waals surface area contributed by atoms with Crippen LogP contribution in [0.1, 0.15) is 54.4 Å². The summed E-state index contributed by atoms with van der Waals surface area (Å²) in [6.45, 7) is 2.08. The van der Waals surface area contributed by atoms with Gasteiger partial charge in [0, 0.05) is 37.0 Å². The molecule has 0 spiro atoms. The lowest BCUT2D eigenvalue weighted by atomic mass is 9.99. The topological polar surface area (TPSA) is 47.6 Å². The van der Waals surface area contributed by atoms with Gasteiger partial charge in [0.05, 0.1) is 0 Å². The summed E-state index contributed by atoms with van der Waals surface area (Å²) >= 11 is 1.49. The van der Waals surface area contributed by atoms with Gasteiger partial charge in [-0.05, 0) is 87.7 Å². The third-order valence-corrected chi connectivity index (χ3v) is 7.11. The van der Waals surface area contributed by atoms with Crippen molar-refractivity contribution in [3.8, 4) is 0 Å². The van der Waals surface area contributed by atoms with Gasteiger partial charge in [0.2, 0.25) is 0 Å². The van der Waals surface area contributed by atoms with E-state index < -0.39 is 0 Å². The number of nitrogens with one attached hydrogen (secondary N) is 2. The van der Waals surface area contributed by atoms with Crippen LogP contribution in [0.5, 0.6) is 0 Å². The van der Waals surface area contributed by atoms with E-state index in [1.165, 1.54) is 66.5 Å². The molecular weight excluding hydrogens is 356 g/mol. The standard InChI is InChI=1S/C21H32N4OS/c1-24(2)14-17-9-3-4-12-25(17)27-23-21(26)22-20-18-10-5-7-15(18)13-16-8-6-11-19(16)20/h13,17H,3-12,14H2,1-2H3,(H2,22,23,26). The first-order chi connectivity index (χ1) is 13.1. The van der Waals surface area contributed by atoms with Crippen LogP contribution >= 0.6 is 12.1 Å². The lowest BCUT2D eigenvalue weighted by Crippen LogP contribution is -2.43. The molecule has 1 saturated heterocycles. The van der Waals surface area contributed by atoms with Gasteiger partial charge in [-0.25, -0.2) is 9.10 Å². The number of fused-ring (bicyclic) bond motifs is 2. The van der Waals surface area contributed by atoms with Gasteiger partial charge in [-0.1, -0.05) is 12.5 Å². The molecule has 27 heavy (non-hydrogen) atoms. The van der Waals surface area contributed by atoms with E-state index in [0.717, 1.165) is 44.5 Å². The minimum absolute atomic E-state index is 0.0800. The summed E-state index contributed by atoms with van der Waals surface area (Å²) in [4.78, 5) is 14.9. The van der Waals surface area contributed by atoms with Gasteiger partial charge < -0.3 is 10.2 Å². The van der Waals surface area contributed by atoms with Crippen molar-refractivity contribution in [2.24, 2.45) is 0 Å². The highest BCUT2D eigenvalue weighted by Gasteiger charge is 2.27. The van der Waals surface area contributed by atoms with Gasteiger partial charge in [-0.15, -0.1) is 0 Å². The lowest BCUT2D eigenvalue weighted by molar-refractivity contribution is 0.217. The summed E-state index contributed by atoms with van der Waals surface area (Å²) in [5.41, 5.74) is 6.82. The van der Waals surface area contributed by atoms with Crippen molar-refractivity contribution >= 4 is 23.9 Å². The number of rotatable bonds is 5. The van der Waals surface area contributed by atoms with Crippen LogP contribution in [0.3, 0.4) is 0 Å². The molecule has 6 heteroatoms. The number of likely N-dealkylation sites (N-methyl/N-ethyl adjacent to an activating group) is 1. The number of amides is 2. The molecule has 4 rings (SSSR count). The molecule has 3 aliphatic rings. The second-order valence-corrected chi connectivity index (χ2v) is 9.29. The van der Waals surface area contributed by atoms with Crippen LogP contribution in [0.15, 0.2) is 6.07 Å². The van der Waals surface area contributed by atoms with Gasteiger partial charge in [-0.3, -0.25) is 4.72 Å². The summed E-state index contributed by atoms with van der Waals surface area (Å²) in [6, 6.07) is 2.83. The molecule has 1 heterocycles. The quantitative estimate of drug-likeness (QED) is 0.754. The van der Waals surface area contributed by atoms with Crippen molar-refractivity contribution in [1.82, 2.24) is 13.9 Å². The van der Waals surface area contributed by atoms with Gasteiger partial charge in [0.1, 0.15) is 0 Å². The second-order valence-electron chi connectivity index (χ2n) is 8.43. The van der Waals surface area contributed by atoms with E-state index in [4.69, 9.17) is 0 Å². The molecule has 2 amide bonds. The van der Waals surface area contributed by atoms with Gasteiger partial charge in [0.15, 0.2) is 0 Å². The van der Waals surface area contributed by atoms with E-state index >= 15 is 0 Å². The maximum Gasteiger partial charge on any atom is 0.330 e. The van der Waals surface area contributed by atoms with Crippen molar-refractivity contribution in [3.05, 3.63) is 28.3 Å². The Bertz CT molecular complexity index is 674. The third-order valence-electron chi connectivity index (χ3n) is 6.12. The van der Waals surface area contributed by atoms with Crippen LogP contribution in [0.4, 0.5) is 10.5 Å². The molecule has 1 aromatic rings. The van der Waals surface area contributed by atoms with Crippen LogP contribution in [-0.2, 0) is 25.7 Å². The van der Waals surface area contributed by atoms with E-state index in [1.807, 2.05) is 0 Å². The molecule has 1 unspecified atom stereocenters. The molecule has 1 aliphatic heterocycles. The molecule has 0 bridgehead atoms. The zero-order chi connectivity index (χ0) is 18.8. The first kappa shape index (κ1) is 19.1. The number of piperidine rings is 1. The summed E-state index contributed by atoms with van der Waals surface area (Å²) < 4.78 is 5.41. The molecule has 1 atom stereocenters. The Labute approximate surface area is 167 Å². The zero-order valence-electron chi connectivity index (χ0n) is 16.6. The number of urea groups is 1. The monoisotopic (exact) mass is 388 g/mol. The Morgan fingerprint density at radius 2 is 1.81 bits per heavy atom. The summed E-state index contributed by atoms with van der Waals surface area (Å²) in [5.74, 6) is 0. The van der Waals surface area contributed by atoms with Gasteiger partial charge >= 0.3 is 6.03 Å². The van der Waals surface area contributed by atoms with Gasteiger partial charge in [0.25, 0.3) is 0 Å². The Hall–Kier alpha value is -1.24. The van der Waals surface area contributed by atoms with Crippen LogP contribution in [0.2, 0.25) is 0 Å². The molecular formula is C21H32N4OS. The maximum absolute atomic E-state index is 12.7. The molecule has 1 fully saturated rings. The van der Waals surface area contributed by atoms with Crippen molar-refractivity contribution in [1.29, 1.82) is 0 Å². The second kappa shape index (κ2) is 8.41. The van der Waals surface area contributed by atoms with Crippen molar-refractivity contribution in [2.45, 2.75) is 63.8 Å². The normalized spacial score (nSPS) is 22.0. The fourth-order valence-corrected chi connectivity index (χ4v) is 5.70. The number of aryl methyl sites for hydroxylation is 2. The molecule has 5 nitrogen and oxygen atoms in total. The predicted octanol–water partition coefficient (Wildman–Crippen LogP) is 3.76. The van der Waals surface area contributed by atoms with Crippen molar-refractivity contribution < 1.29 is 4.79 Å². The molecule has 0 aromatic heterocycles. The lowest BCUT2D eigenvalue weighted by Gasteiger charge is -2.35. The average molecular weight is 389 g/mol. The van der Waals surface area contributed by atoms with Crippen molar-refractivity contribution in [3.63, 3.8) is 0 Å². The number of carbonyl (C=O) groups excluding carboxylic acids is 1. The minimum atomic E-state index is -0.0800. The van der Waals surface area contributed by atoms with Gasteiger partial charge in [-0.2, -0.15) is 0 Å². The number of benzene rings is 1. The molecule has 0 saturated carbocycles. The van der Waals surface area contributed by atoms with E-state index in [2.05, 4.69) is 39.4 Å². The Kier molecular flexibility index (Phi) is 5.95. The van der Waals surface area contributed by atoms with Crippen LogP contribution in [-0.4, -0.2) is 48.5 Å². The van der Waals surface area contributed by atoms with Crippen molar-refractivity contribution in [2.75, 3.05) is 32.5 Å². The first-order valence-corrected chi connectivity index (χ1v) is 11.2. The number of hydrogen-bond donors (Lipinski definition) is 2. The summed E-state index contributed by atoms with van der Waals surface area (Å²) in [7, 11) is 4.24. The highest BCUT2D eigenvalue weighted by atomic mass is 32.2. The number of nitrogens with zero attached hydrogens (tertiary/aromatic N) is 2. The fraction of sp³-hybridized carbons (Fsp3) is 0.667. The third kappa shape index (κ3) is 4.28. The number of hydrogen-bond acceptors (Lipinski definition) is 4. The molecule has 2 N–H and O–H groups in total. The first-order valence-electron chi connectivity index (χ1n) is 10.4. The molecule has 2 aliphatic carbocycles. The van der Waals surface area contributed by atoms with E-state index in [9.17, 15) is 4.79 Å². The van der Waals surface area contributed by atoms with E-state index in [1.54, 1.807) is 0 Å². The predicted molar refractivity (Wildman–Crippen MR) is 113 cm³/mol. The number of carbonyl (C=O) groups is 1. The Morgan fingerprint density at radius 1 is 1.11 bits per heavy atom. The van der Waals surface area contributed by atoms with Crippen LogP contribution in [0, 0.1) is 0 Å². The Morgan fingerprint density at radius 3 is 2.48 bits per heavy atom. The van der Waals surface area contributed by atoms with E-state index in [0.29, 0.717) is 6.04 Å². The smallest absolute Gasteiger partial charge is 0.308 e.